The number of nitrogens with zero attached hydrogens (tertiary/aromatic N) is 1. The van der Waals surface area contributed by atoms with Gasteiger partial charge in [-0.05, 0) is 38.1 Å². The molecule has 4 heteroatoms. The third kappa shape index (κ3) is 3.80. The Morgan fingerprint density at radius 1 is 1.33 bits per heavy atom. The molecule has 0 radical (unpaired) electrons. The summed E-state index contributed by atoms with van der Waals surface area (Å²) in [5.41, 5.74) is 1.25. The van der Waals surface area contributed by atoms with Gasteiger partial charge in [0.25, 0.3) is 0 Å². The Balaban J connectivity index is 2.00. The van der Waals surface area contributed by atoms with E-state index in [9.17, 15) is 0 Å². The van der Waals surface area contributed by atoms with Crippen LogP contribution < -0.4 is 5.32 Å². The lowest BCUT2D eigenvalue weighted by molar-refractivity contribution is 0.612. The summed E-state index contributed by atoms with van der Waals surface area (Å²) in [6.45, 7) is 2.18. The van der Waals surface area contributed by atoms with E-state index in [4.69, 9.17) is 11.6 Å². The topological polar surface area (TPSA) is 24.9 Å². The molecule has 18 heavy (non-hydrogen) atoms. The van der Waals surface area contributed by atoms with Crippen molar-refractivity contribution in [1.29, 1.82) is 0 Å². The Morgan fingerprint density at radius 3 is 2.72 bits per heavy atom. The number of aromatic nitrogens is 1. The standard InChI is InChI=1S/C14H17ClN2S/c1-10(16-2)7-13-9-17-14(18-13)8-11-3-5-12(15)6-4-11/h3-6,9-10,16H,7-8H2,1-2H3. The van der Waals surface area contributed by atoms with Crippen molar-refractivity contribution in [2.45, 2.75) is 25.8 Å². The highest BCUT2D eigenvalue weighted by atomic mass is 35.5. The Hall–Kier alpha value is -0.900. The maximum atomic E-state index is 5.87. The van der Waals surface area contributed by atoms with Gasteiger partial charge in [0.1, 0.15) is 0 Å². The molecule has 2 nitrogen and oxygen atoms in total. The van der Waals surface area contributed by atoms with Crippen molar-refractivity contribution in [2.24, 2.45) is 0 Å². The van der Waals surface area contributed by atoms with Crippen LogP contribution in [0.25, 0.3) is 0 Å². The third-order valence-corrected chi connectivity index (χ3v) is 4.14. The van der Waals surface area contributed by atoms with E-state index in [1.54, 1.807) is 11.3 Å². The lowest BCUT2D eigenvalue weighted by Crippen LogP contribution is -2.22. The maximum Gasteiger partial charge on any atom is 0.0971 e. The van der Waals surface area contributed by atoms with Crippen LogP contribution >= 0.6 is 22.9 Å². The number of hydrogen-bond donors (Lipinski definition) is 1. The molecule has 0 bridgehead atoms. The monoisotopic (exact) mass is 280 g/mol. The molecule has 0 aliphatic carbocycles. The van der Waals surface area contributed by atoms with Crippen LogP contribution in [0.15, 0.2) is 30.5 Å². The molecule has 0 spiro atoms. The van der Waals surface area contributed by atoms with Crippen LogP contribution in [-0.2, 0) is 12.8 Å². The van der Waals surface area contributed by atoms with Crippen LogP contribution in [0.2, 0.25) is 5.02 Å². The van der Waals surface area contributed by atoms with Crippen LogP contribution in [-0.4, -0.2) is 18.1 Å². The van der Waals surface area contributed by atoms with E-state index in [1.165, 1.54) is 10.4 Å². The molecular formula is C14H17ClN2S. The summed E-state index contributed by atoms with van der Waals surface area (Å²) in [6.07, 6.45) is 3.91. The Kier molecular flexibility index (Phi) is 4.75. The van der Waals surface area contributed by atoms with Gasteiger partial charge in [-0.2, -0.15) is 0 Å². The predicted molar refractivity (Wildman–Crippen MR) is 78.6 cm³/mol. The lowest BCUT2D eigenvalue weighted by Gasteiger charge is -2.06. The minimum Gasteiger partial charge on any atom is -0.317 e. The van der Waals surface area contributed by atoms with Crippen LogP contribution in [0.5, 0.6) is 0 Å². The molecule has 1 atom stereocenters. The Labute approximate surface area is 117 Å². The fourth-order valence-electron chi connectivity index (χ4n) is 1.70. The molecule has 0 amide bonds. The van der Waals surface area contributed by atoms with Crippen LogP contribution in [0.1, 0.15) is 22.4 Å². The van der Waals surface area contributed by atoms with Gasteiger partial charge in [0.2, 0.25) is 0 Å². The smallest absolute Gasteiger partial charge is 0.0971 e. The van der Waals surface area contributed by atoms with Crippen LogP contribution in [0, 0.1) is 0 Å². The number of likely N-dealkylation sites (N-methyl/N-ethyl adjacent to an activating group) is 1. The molecule has 96 valence electrons. The highest BCUT2D eigenvalue weighted by Gasteiger charge is 2.06. The summed E-state index contributed by atoms with van der Waals surface area (Å²) in [5.74, 6) is 0. The van der Waals surface area contributed by atoms with Gasteiger partial charge in [0.15, 0.2) is 0 Å². The second-order valence-corrected chi connectivity index (χ2v) is 6.05. The van der Waals surface area contributed by atoms with Gasteiger partial charge in [-0.1, -0.05) is 23.7 Å². The number of benzene rings is 1. The first-order valence-electron chi connectivity index (χ1n) is 6.02. The summed E-state index contributed by atoms with van der Waals surface area (Å²) < 4.78 is 0. The number of halogens is 1. The first kappa shape index (κ1) is 13.5. The minimum absolute atomic E-state index is 0.494. The summed E-state index contributed by atoms with van der Waals surface area (Å²) in [7, 11) is 1.99. The van der Waals surface area contributed by atoms with E-state index in [2.05, 4.69) is 29.4 Å². The third-order valence-electron chi connectivity index (χ3n) is 2.87. The van der Waals surface area contributed by atoms with Crippen LogP contribution in [0.4, 0.5) is 0 Å². The molecular weight excluding hydrogens is 264 g/mol. The predicted octanol–water partition coefficient (Wildman–Crippen LogP) is 3.54. The molecule has 0 fully saturated rings. The van der Waals surface area contributed by atoms with E-state index in [-0.39, 0.29) is 0 Å². The normalized spacial score (nSPS) is 12.6. The summed E-state index contributed by atoms with van der Waals surface area (Å²) in [4.78, 5) is 5.81. The summed E-state index contributed by atoms with van der Waals surface area (Å²) in [6, 6.07) is 8.45. The van der Waals surface area contributed by atoms with Crippen molar-refractivity contribution in [1.82, 2.24) is 10.3 Å². The van der Waals surface area contributed by atoms with Crippen molar-refractivity contribution >= 4 is 22.9 Å². The van der Waals surface area contributed by atoms with Gasteiger partial charge in [0, 0.05) is 28.6 Å². The number of nitrogens with one attached hydrogen (secondary N) is 1. The Morgan fingerprint density at radius 2 is 2.06 bits per heavy atom. The zero-order valence-electron chi connectivity index (χ0n) is 10.6. The first-order chi connectivity index (χ1) is 8.67. The molecule has 2 aromatic rings. The molecule has 0 aliphatic rings. The molecule has 1 aromatic carbocycles. The Bertz CT molecular complexity index is 493. The molecule has 0 aliphatic heterocycles. The van der Waals surface area contributed by atoms with Gasteiger partial charge in [-0.3, -0.25) is 0 Å². The quantitative estimate of drug-likeness (QED) is 0.906. The highest BCUT2D eigenvalue weighted by Crippen LogP contribution is 2.19. The highest BCUT2D eigenvalue weighted by molar-refractivity contribution is 7.11. The SMILES string of the molecule is CNC(C)Cc1cnc(Cc2ccc(Cl)cc2)s1. The van der Waals surface area contributed by atoms with Crippen molar-refractivity contribution in [3.63, 3.8) is 0 Å². The minimum atomic E-state index is 0.494. The first-order valence-corrected chi connectivity index (χ1v) is 7.22. The fourth-order valence-corrected chi connectivity index (χ4v) is 2.92. The average Bonchev–Trinajstić information content (AvgIpc) is 2.79. The van der Waals surface area contributed by atoms with Crippen molar-refractivity contribution in [2.75, 3.05) is 7.05 Å². The number of rotatable bonds is 5. The summed E-state index contributed by atoms with van der Waals surface area (Å²) in [5, 5.41) is 5.18. The van der Waals surface area contributed by atoms with E-state index >= 15 is 0 Å². The molecule has 1 aromatic heterocycles. The van der Waals surface area contributed by atoms with Gasteiger partial charge in [-0.25, -0.2) is 4.98 Å². The maximum absolute atomic E-state index is 5.87. The molecule has 1 heterocycles. The van der Waals surface area contributed by atoms with Gasteiger partial charge < -0.3 is 5.32 Å². The average molecular weight is 281 g/mol. The number of hydrogen-bond acceptors (Lipinski definition) is 3. The van der Waals surface area contributed by atoms with E-state index in [1.807, 2.05) is 25.4 Å². The van der Waals surface area contributed by atoms with E-state index < -0.39 is 0 Å². The second kappa shape index (κ2) is 6.32. The largest absolute Gasteiger partial charge is 0.317 e. The zero-order chi connectivity index (χ0) is 13.0. The van der Waals surface area contributed by atoms with Gasteiger partial charge in [-0.15, -0.1) is 11.3 Å². The molecule has 0 saturated carbocycles. The van der Waals surface area contributed by atoms with Gasteiger partial charge >= 0.3 is 0 Å². The number of thiazole rings is 1. The molecule has 1 N–H and O–H groups in total. The lowest BCUT2D eigenvalue weighted by atomic mass is 10.2. The van der Waals surface area contributed by atoms with Crippen molar-refractivity contribution < 1.29 is 0 Å². The molecule has 2 rings (SSSR count). The van der Waals surface area contributed by atoms with E-state index in [0.717, 1.165) is 22.9 Å². The van der Waals surface area contributed by atoms with Crippen molar-refractivity contribution in [3.05, 3.63) is 50.9 Å². The fraction of sp³-hybridized carbons (Fsp3) is 0.357. The van der Waals surface area contributed by atoms with Crippen molar-refractivity contribution in [3.8, 4) is 0 Å². The summed E-state index contributed by atoms with van der Waals surface area (Å²) >= 11 is 7.66. The molecule has 0 saturated heterocycles. The second-order valence-electron chi connectivity index (χ2n) is 4.42. The zero-order valence-corrected chi connectivity index (χ0v) is 12.2. The van der Waals surface area contributed by atoms with Gasteiger partial charge in [0.05, 0.1) is 5.01 Å². The molecule has 1 unspecified atom stereocenters. The van der Waals surface area contributed by atoms with Crippen LogP contribution in [0.3, 0.4) is 0 Å². The van der Waals surface area contributed by atoms with E-state index in [0.29, 0.717) is 6.04 Å².